The van der Waals surface area contributed by atoms with E-state index >= 15 is 0 Å². The molecule has 0 aliphatic heterocycles. The van der Waals surface area contributed by atoms with Crippen LogP contribution in [0, 0.1) is 29.1 Å². The van der Waals surface area contributed by atoms with E-state index in [1.807, 2.05) is 0 Å². The van der Waals surface area contributed by atoms with Gasteiger partial charge in [0.25, 0.3) is 0 Å². The predicted molar refractivity (Wildman–Crippen MR) is 108 cm³/mol. The van der Waals surface area contributed by atoms with Crippen molar-refractivity contribution in [2.45, 2.75) is 6.61 Å². The summed E-state index contributed by atoms with van der Waals surface area (Å²) in [5.74, 6) is -6.31. The van der Waals surface area contributed by atoms with Crippen LogP contribution in [0.5, 0.6) is 5.75 Å². The molecule has 0 atom stereocenters. The Morgan fingerprint density at radius 2 is 1.06 bits per heavy atom. The third-order valence-electron chi connectivity index (χ3n) is 4.79. The van der Waals surface area contributed by atoms with Crippen LogP contribution in [-0.4, -0.2) is 0 Å². The van der Waals surface area contributed by atoms with Gasteiger partial charge in [0, 0.05) is 23.3 Å². The fraction of sp³-hybridized carbons (Fsp3) is 0.0400. The molecule has 0 bridgehead atoms. The van der Waals surface area contributed by atoms with Crippen LogP contribution in [0.4, 0.5) is 22.0 Å². The smallest absolute Gasteiger partial charge is 0.194 e. The third kappa shape index (κ3) is 4.28. The lowest BCUT2D eigenvalue weighted by Crippen LogP contribution is -1.99. The highest BCUT2D eigenvalue weighted by molar-refractivity contribution is 5.71. The summed E-state index contributed by atoms with van der Waals surface area (Å²) < 4.78 is 74.1. The highest BCUT2D eigenvalue weighted by atomic mass is 19.2. The van der Waals surface area contributed by atoms with Crippen molar-refractivity contribution in [2.75, 3.05) is 0 Å². The molecular weight excluding hydrogens is 411 g/mol. The number of ether oxygens (including phenoxy) is 1. The van der Waals surface area contributed by atoms with Gasteiger partial charge in [-0.1, -0.05) is 66.7 Å². The molecule has 0 saturated carbocycles. The van der Waals surface area contributed by atoms with Gasteiger partial charge in [-0.05, 0) is 16.7 Å². The minimum atomic E-state index is -1.57. The molecule has 4 aromatic rings. The second-order valence-corrected chi connectivity index (χ2v) is 6.84. The van der Waals surface area contributed by atoms with Crippen LogP contribution in [0.25, 0.3) is 22.3 Å². The third-order valence-corrected chi connectivity index (χ3v) is 4.79. The Balaban J connectivity index is 1.52. The van der Waals surface area contributed by atoms with Gasteiger partial charge in [0.2, 0.25) is 0 Å². The van der Waals surface area contributed by atoms with Crippen molar-refractivity contribution in [1.29, 1.82) is 0 Å². The molecular formula is C25H15F5O. The summed E-state index contributed by atoms with van der Waals surface area (Å²) in [6.07, 6.45) is 0. The normalized spacial score (nSPS) is 10.9. The molecule has 0 heterocycles. The fourth-order valence-electron chi connectivity index (χ4n) is 3.18. The number of hydrogen-bond acceptors (Lipinski definition) is 1. The average molecular weight is 426 g/mol. The van der Waals surface area contributed by atoms with Crippen LogP contribution < -0.4 is 4.74 Å². The lowest BCUT2D eigenvalue weighted by Gasteiger charge is -2.11. The van der Waals surface area contributed by atoms with Crippen LogP contribution >= 0.6 is 0 Å². The SMILES string of the molecule is Fc1cc(OCc2ccc(-c3ccc(-c4ccccc4)c(F)c3F)cc2)cc(F)c1F. The maximum absolute atomic E-state index is 14.7. The van der Waals surface area contributed by atoms with E-state index in [4.69, 9.17) is 4.74 Å². The standard InChI is InChI=1S/C25H15F5O/c26-21-12-18(13-22(27)25(21)30)31-14-15-6-8-17(9-7-15)20-11-10-19(23(28)24(20)29)16-4-2-1-3-5-16/h1-13H,14H2. The van der Waals surface area contributed by atoms with E-state index in [-0.39, 0.29) is 23.5 Å². The second kappa shape index (κ2) is 8.60. The molecule has 4 rings (SSSR count). The molecule has 0 aromatic heterocycles. The highest BCUT2D eigenvalue weighted by Gasteiger charge is 2.16. The minimum Gasteiger partial charge on any atom is -0.489 e. The van der Waals surface area contributed by atoms with E-state index in [9.17, 15) is 22.0 Å². The Kier molecular flexibility index (Phi) is 5.71. The molecule has 1 nitrogen and oxygen atoms in total. The van der Waals surface area contributed by atoms with Crippen LogP contribution in [0.3, 0.4) is 0 Å². The average Bonchev–Trinajstić information content (AvgIpc) is 2.79. The van der Waals surface area contributed by atoms with Crippen molar-refractivity contribution in [2.24, 2.45) is 0 Å². The van der Waals surface area contributed by atoms with Gasteiger partial charge in [-0.25, -0.2) is 22.0 Å². The Hall–Kier alpha value is -3.67. The molecule has 156 valence electrons. The molecule has 0 aliphatic rings. The van der Waals surface area contributed by atoms with Gasteiger partial charge in [-0.2, -0.15) is 0 Å². The first-order valence-corrected chi connectivity index (χ1v) is 9.34. The molecule has 0 unspecified atom stereocenters. The largest absolute Gasteiger partial charge is 0.489 e. The Bertz CT molecular complexity index is 1200. The van der Waals surface area contributed by atoms with E-state index in [1.165, 1.54) is 12.1 Å². The van der Waals surface area contributed by atoms with Crippen molar-refractivity contribution in [3.05, 3.63) is 114 Å². The molecule has 0 radical (unpaired) electrons. The fourth-order valence-corrected chi connectivity index (χ4v) is 3.18. The number of benzene rings is 4. The van der Waals surface area contributed by atoms with Crippen molar-refractivity contribution < 1.29 is 26.7 Å². The lowest BCUT2D eigenvalue weighted by atomic mass is 9.98. The molecule has 31 heavy (non-hydrogen) atoms. The molecule has 0 aliphatic carbocycles. The molecule has 0 amide bonds. The topological polar surface area (TPSA) is 9.23 Å². The minimum absolute atomic E-state index is 0.0470. The molecule has 4 aromatic carbocycles. The summed E-state index contributed by atoms with van der Waals surface area (Å²) in [5, 5.41) is 0. The van der Waals surface area contributed by atoms with E-state index < -0.39 is 29.1 Å². The summed E-state index contributed by atoms with van der Waals surface area (Å²) in [6.45, 7) is -0.0470. The van der Waals surface area contributed by atoms with Gasteiger partial charge in [0.05, 0.1) is 0 Å². The van der Waals surface area contributed by atoms with Gasteiger partial charge in [0.15, 0.2) is 29.1 Å². The van der Waals surface area contributed by atoms with E-state index in [0.29, 0.717) is 16.7 Å². The van der Waals surface area contributed by atoms with Crippen molar-refractivity contribution in [3.8, 4) is 28.0 Å². The van der Waals surface area contributed by atoms with Gasteiger partial charge in [-0.3, -0.25) is 0 Å². The Morgan fingerprint density at radius 3 is 1.61 bits per heavy atom. The highest BCUT2D eigenvalue weighted by Crippen LogP contribution is 2.31. The summed E-state index contributed by atoms with van der Waals surface area (Å²) in [6, 6.07) is 19.6. The number of rotatable bonds is 5. The van der Waals surface area contributed by atoms with Crippen molar-refractivity contribution >= 4 is 0 Å². The zero-order chi connectivity index (χ0) is 22.0. The summed E-state index contributed by atoms with van der Waals surface area (Å²) >= 11 is 0. The van der Waals surface area contributed by atoms with Crippen molar-refractivity contribution in [3.63, 3.8) is 0 Å². The Morgan fingerprint density at radius 1 is 0.548 bits per heavy atom. The van der Waals surface area contributed by atoms with Gasteiger partial charge >= 0.3 is 0 Å². The zero-order valence-electron chi connectivity index (χ0n) is 16.0. The maximum atomic E-state index is 14.7. The first kappa shape index (κ1) is 20.6. The van der Waals surface area contributed by atoms with E-state index in [0.717, 1.165) is 12.1 Å². The summed E-state index contributed by atoms with van der Waals surface area (Å²) in [4.78, 5) is 0. The van der Waals surface area contributed by atoms with Gasteiger partial charge in [-0.15, -0.1) is 0 Å². The van der Waals surface area contributed by atoms with Crippen LogP contribution in [0.2, 0.25) is 0 Å². The first-order chi connectivity index (χ1) is 14.9. The molecule has 6 heteroatoms. The number of hydrogen-bond donors (Lipinski definition) is 0. The van der Waals surface area contributed by atoms with Crippen LogP contribution in [-0.2, 0) is 6.61 Å². The molecule has 0 fully saturated rings. The molecule has 0 N–H and O–H groups in total. The predicted octanol–water partition coefficient (Wildman–Crippen LogP) is 7.30. The molecule has 0 spiro atoms. The first-order valence-electron chi connectivity index (χ1n) is 9.34. The van der Waals surface area contributed by atoms with E-state index in [1.54, 1.807) is 54.6 Å². The van der Waals surface area contributed by atoms with Crippen molar-refractivity contribution in [1.82, 2.24) is 0 Å². The monoisotopic (exact) mass is 426 g/mol. The quantitative estimate of drug-likeness (QED) is 0.240. The summed E-state index contributed by atoms with van der Waals surface area (Å²) in [5.41, 5.74) is 1.93. The lowest BCUT2D eigenvalue weighted by molar-refractivity contribution is 0.299. The maximum Gasteiger partial charge on any atom is 0.194 e. The Labute approximate surface area is 175 Å². The zero-order valence-corrected chi connectivity index (χ0v) is 16.0. The second-order valence-electron chi connectivity index (χ2n) is 6.84. The van der Waals surface area contributed by atoms with Gasteiger partial charge in [0.1, 0.15) is 12.4 Å². The molecule has 0 saturated heterocycles. The van der Waals surface area contributed by atoms with Crippen LogP contribution in [0.15, 0.2) is 78.9 Å². The summed E-state index contributed by atoms with van der Waals surface area (Å²) in [7, 11) is 0. The van der Waals surface area contributed by atoms with Crippen LogP contribution in [0.1, 0.15) is 5.56 Å². The van der Waals surface area contributed by atoms with Gasteiger partial charge < -0.3 is 4.74 Å². The number of halogens is 5. The van der Waals surface area contributed by atoms with E-state index in [2.05, 4.69) is 0 Å².